The van der Waals surface area contributed by atoms with Gasteiger partial charge in [0, 0.05) is 30.4 Å². The van der Waals surface area contributed by atoms with Crippen molar-refractivity contribution in [3.05, 3.63) is 59.7 Å². The number of hydrogen-bond donors (Lipinski definition) is 1. The number of carbonyl (C=O) groups is 2. The molecule has 1 fully saturated rings. The summed E-state index contributed by atoms with van der Waals surface area (Å²) in [6.45, 7) is 2.33. The maximum Gasteiger partial charge on any atom is 0.258 e. The molecule has 0 spiro atoms. The third kappa shape index (κ3) is 3.18. The smallest absolute Gasteiger partial charge is 0.258 e. The monoisotopic (exact) mass is 399 g/mol. The number of nitrogens with zero attached hydrogens (tertiary/aromatic N) is 2. The number of sulfonamides is 1. The first-order valence-electron chi connectivity index (χ1n) is 9.16. The lowest BCUT2D eigenvalue weighted by molar-refractivity contribution is -0.122. The van der Waals surface area contributed by atoms with Crippen LogP contribution in [0.25, 0.3) is 0 Å². The van der Waals surface area contributed by atoms with Crippen LogP contribution in [0.4, 0.5) is 5.69 Å². The van der Waals surface area contributed by atoms with Gasteiger partial charge in [-0.15, -0.1) is 0 Å². The summed E-state index contributed by atoms with van der Waals surface area (Å²) >= 11 is 0. The number of hydrogen-bond acceptors (Lipinski definition) is 4. The topological polar surface area (TPSA) is 86.8 Å². The number of nitrogens with one attached hydrogen (secondary N) is 1. The van der Waals surface area contributed by atoms with Crippen molar-refractivity contribution >= 4 is 27.5 Å². The molecule has 4 rings (SSSR count). The minimum Gasteiger partial charge on any atom is -0.354 e. The molecule has 0 bridgehead atoms. The van der Waals surface area contributed by atoms with Gasteiger partial charge in [0.25, 0.3) is 5.91 Å². The van der Waals surface area contributed by atoms with Crippen LogP contribution in [0.3, 0.4) is 0 Å². The first-order chi connectivity index (χ1) is 13.4. The zero-order valence-corrected chi connectivity index (χ0v) is 16.3. The van der Waals surface area contributed by atoms with Gasteiger partial charge in [0.05, 0.1) is 11.4 Å². The van der Waals surface area contributed by atoms with E-state index in [-0.39, 0.29) is 35.8 Å². The summed E-state index contributed by atoms with van der Waals surface area (Å²) in [5, 5.41) is 2.61. The zero-order chi connectivity index (χ0) is 19.9. The largest absolute Gasteiger partial charge is 0.354 e. The fraction of sp³-hybridized carbons (Fsp3) is 0.300. The lowest BCUT2D eigenvalue weighted by Gasteiger charge is -2.26. The summed E-state index contributed by atoms with van der Waals surface area (Å²) in [4.78, 5) is 26.4. The third-order valence-corrected chi connectivity index (χ3v) is 7.03. The van der Waals surface area contributed by atoms with Gasteiger partial charge in [-0.1, -0.05) is 18.2 Å². The Morgan fingerprint density at radius 2 is 1.82 bits per heavy atom. The van der Waals surface area contributed by atoms with Crippen molar-refractivity contribution in [1.82, 2.24) is 9.62 Å². The normalized spacial score (nSPS) is 20.0. The molecule has 2 aromatic rings. The second kappa shape index (κ2) is 7.03. The average molecular weight is 399 g/mol. The van der Waals surface area contributed by atoms with E-state index < -0.39 is 10.0 Å². The van der Waals surface area contributed by atoms with Crippen LogP contribution in [0, 0.1) is 0 Å². The highest BCUT2D eigenvalue weighted by molar-refractivity contribution is 7.89. The molecule has 146 valence electrons. The Balaban J connectivity index is 1.58. The van der Waals surface area contributed by atoms with Crippen molar-refractivity contribution < 1.29 is 18.0 Å². The summed E-state index contributed by atoms with van der Waals surface area (Å²) < 4.78 is 26.6. The standard InChI is InChI=1S/C20H21N3O4S/c1-14-12-16-4-2-3-5-18(16)23(14)20(25)15-6-8-17(9-7-15)28(26,27)22-11-10-21-19(24)13-22/h2-9,14H,10-13H2,1H3,(H,21,24)/t14-/m0/s1. The summed E-state index contributed by atoms with van der Waals surface area (Å²) in [6.07, 6.45) is 0.797. The van der Waals surface area contributed by atoms with Crippen LogP contribution in [0.5, 0.6) is 0 Å². The predicted molar refractivity (Wildman–Crippen MR) is 105 cm³/mol. The Bertz CT molecular complexity index is 1030. The lowest BCUT2D eigenvalue weighted by atomic mass is 10.1. The van der Waals surface area contributed by atoms with Crippen LogP contribution in [0.15, 0.2) is 53.4 Å². The van der Waals surface area contributed by atoms with Crippen molar-refractivity contribution in [2.75, 3.05) is 24.5 Å². The molecule has 2 heterocycles. The molecule has 8 heteroatoms. The highest BCUT2D eigenvalue weighted by Gasteiger charge is 2.32. The first-order valence-corrected chi connectivity index (χ1v) is 10.6. The Labute approximate surface area is 164 Å². The second-order valence-electron chi connectivity index (χ2n) is 7.07. The van der Waals surface area contributed by atoms with E-state index in [2.05, 4.69) is 5.32 Å². The Morgan fingerprint density at radius 3 is 2.54 bits per heavy atom. The number of benzene rings is 2. The van der Waals surface area contributed by atoms with Crippen molar-refractivity contribution in [3.63, 3.8) is 0 Å². The maximum absolute atomic E-state index is 13.0. The van der Waals surface area contributed by atoms with Gasteiger partial charge >= 0.3 is 0 Å². The van der Waals surface area contributed by atoms with Crippen LogP contribution >= 0.6 is 0 Å². The second-order valence-corrected chi connectivity index (χ2v) is 9.01. The number of amides is 2. The van der Waals surface area contributed by atoms with E-state index in [9.17, 15) is 18.0 Å². The number of carbonyl (C=O) groups excluding carboxylic acids is 2. The average Bonchev–Trinajstić information content (AvgIpc) is 3.03. The van der Waals surface area contributed by atoms with Gasteiger partial charge in [-0.2, -0.15) is 4.31 Å². The maximum atomic E-state index is 13.0. The summed E-state index contributed by atoms with van der Waals surface area (Å²) in [6, 6.07) is 13.8. The lowest BCUT2D eigenvalue weighted by Crippen LogP contribution is -2.49. The first kappa shape index (κ1) is 18.6. The van der Waals surface area contributed by atoms with Crippen molar-refractivity contribution in [3.8, 4) is 0 Å². The van der Waals surface area contributed by atoms with Crippen molar-refractivity contribution in [2.24, 2.45) is 0 Å². The van der Waals surface area contributed by atoms with Gasteiger partial charge in [0.15, 0.2) is 0 Å². The summed E-state index contributed by atoms with van der Waals surface area (Å²) in [7, 11) is -3.77. The zero-order valence-electron chi connectivity index (χ0n) is 15.5. The molecule has 0 unspecified atom stereocenters. The van der Waals surface area contributed by atoms with Crippen LogP contribution in [0.1, 0.15) is 22.8 Å². The molecule has 2 aliphatic rings. The number of piperazine rings is 1. The number of para-hydroxylation sites is 1. The third-order valence-electron chi connectivity index (χ3n) is 5.17. The van der Waals surface area contributed by atoms with Crippen molar-refractivity contribution in [2.45, 2.75) is 24.3 Å². The summed E-state index contributed by atoms with van der Waals surface area (Å²) in [5.74, 6) is -0.470. The van der Waals surface area contributed by atoms with Gasteiger partial charge in [-0.3, -0.25) is 9.59 Å². The van der Waals surface area contributed by atoms with Crippen LogP contribution in [0.2, 0.25) is 0 Å². The molecular formula is C20H21N3O4S. The highest BCUT2D eigenvalue weighted by atomic mass is 32.2. The van der Waals surface area contributed by atoms with E-state index in [1.807, 2.05) is 31.2 Å². The van der Waals surface area contributed by atoms with Crippen LogP contribution in [-0.2, 0) is 21.2 Å². The highest BCUT2D eigenvalue weighted by Crippen LogP contribution is 2.33. The number of rotatable bonds is 3. The van der Waals surface area contributed by atoms with E-state index >= 15 is 0 Å². The molecule has 1 N–H and O–H groups in total. The molecule has 2 amide bonds. The molecule has 0 radical (unpaired) electrons. The number of fused-ring (bicyclic) bond motifs is 1. The van der Waals surface area contributed by atoms with E-state index in [4.69, 9.17) is 0 Å². The Kier molecular flexibility index (Phi) is 4.68. The molecule has 2 aliphatic heterocycles. The molecule has 7 nitrogen and oxygen atoms in total. The van der Waals surface area contributed by atoms with Gasteiger partial charge in [-0.25, -0.2) is 8.42 Å². The minimum absolute atomic E-state index is 0.0418. The van der Waals surface area contributed by atoms with E-state index in [1.54, 1.807) is 4.90 Å². The van der Waals surface area contributed by atoms with Crippen LogP contribution < -0.4 is 10.2 Å². The minimum atomic E-state index is -3.77. The van der Waals surface area contributed by atoms with Gasteiger partial charge in [-0.05, 0) is 49.2 Å². The quantitative estimate of drug-likeness (QED) is 0.845. The van der Waals surface area contributed by atoms with E-state index in [1.165, 1.54) is 24.3 Å². The molecule has 0 aromatic heterocycles. The number of anilines is 1. The molecule has 0 aliphatic carbocycles. The Morgan fingerprint density at radius 1 is 1.11 bits per heavy atom. The van der Waals surface area contributed by atoms with Gasteiger partial charge in [0.2, 0.25) is 15.9 Å². The molecule has 2 aromatic carbocycles. The summed E-state index contributed by atoms with van der Waals surface area (Å²) in [5.41, 5.74) is 2.46. The van der Waals surface area contributed by atoms with Gasteiger partial charge < -0.3 is 10.2 Å². The fourth-order valence-corrected chi connectivity index (χ4v) is 5.15. The molecule has 1 saturated heterocycles. The Hall–Kier alpha value is -2.71. The molecule has 0 saturated carbocycles. The van der Waals surface area contributed by atoms with Crippen LogP contribution in [-0.4, -0.2) is 50.2 Å². The van der Waals surface area contributed by atoms with Crippen molar-refractivity contribution in [1.29, 1.82) is 0 Å². The SMILES string of the molecule is C[C@H]1Cc2ccccc2N1C(=O)c1ccc(S(=O)(=O)N2CCNC(=O)C2)cc1. The van der Waals surface area contributed by atoms with Gasteiger partial charge in [0.1, 0.15) is 0 Å². The van der Waals surface area contributed by atoms with E-state index in [0.29, 0.717) is 12.1 Å². The fourth-order valence-electron chi connectivity index (χ4n) is 3.75. The predicted octanol–water partition coefficient (Wildman–Crippen LogP) is 1.40. The van der Waals surface area contributed by atoms with E-state index in [0.717, 1.165) is 22.0 Å². The molecular weight excluding hydrogens is 378 g/mol. The molecule has 1 atom stereocenters. The molecule has 28 heavy (non-hydrogen) atoms.